The molecule has 0 bridgehead atoms. The molecule has 1 aliphatic heterocycles. The highest BCUT2D eigenvalue weighted by molar-refractivity contribution is 5.07. The summed E-state index contributed by atoms with van der Waals surface area (Å²) in [5.74, 6) is 0.725. The lowest BCUT2D eigenvalue weighted by atomic mass is 9.83. The largest absolute Gasteiger partial charge is 0.329 e. The third-order valence-corrected chi connectivity index (χ3v) is 5.74. The van der Waals surface area contributed by atoms with Crippen LogP contribution in [0.3, 0.4) is 0 Å². The first kappa shape index (κ1) is 15.3. The van der Waals surface area contributed by atoms with Crippen molar-refractivity contribution in [2.75, 3.05) is 33.7 Å². The molecule has 19 heavy (non-hydrogen) atoms. The minimum absolute atomic E-state index is 0.265. The molecular formula is C16H33N3. The minimum atomic E-state index is 0.265. The van der Waals surface area contributed by atoms with Gasteiger partial charge in [-0.05, 0) is 51.1 Å². The average molecular weight is 267 g/mol. The van der Waals surface area contributed by atoms with E-state index in [0.29, 0.717) is 5.41 Å². The molecule has 1 saturated carbocycles. The molecule has 0 aromatic carbocycles. The molecule has 0 amide bonds. The molecule has 3 nitrogen and oxygen atoms in total. The first-order chi connectivity index (χ1) is 8.81. The molecule has 2 aliphatic rings. The Balaban J connectivity index is 2.08. The lowest BCUT2D eigenvalue weighted by Crippen LogP contribution is -2.59. The summed E-state index contributed by atoms with van der Waals surface area (Å²) < 4.78 is 0. The number of hydrogen-bond donors (Lipinski definition) is 1. The van der Waals surface area contributed by atoms with Crippen LogP contribution in [0.25, 0.3) is 0 Å². The molecule has 3 heteroatoms. The van der Waals surface area contributed by atoms with Gasteiger partial charge in [-0.2, -0.15) is 0 Å². The fourth-order valence-corrected chi connectivity index (χ4v) is 4.75. The number of hydrogen-bond acceptors (Lipinski definition) is 3. The van der Waals surface area contributed by atoms with E-state index in [1.54, 1.807) is 0 Å². The molecule has 0 aromatic rings. The van der Waals surface area contributed by atoms with E-state index in [9.17, 15) is 0 Å². The van der Waals surface area contributed by atoms with Crippen molar-refractivity contribution < 1.29 is 0 Å². The van der Waals surface area contributed by atoms with Crippen LogP contribution in [0.15, 0.2) is 0 Å². The van der Waals surface area contributed by atoms with E-state index < -0.39 is 0 Å². The molecule has 0 radical (unpaired) electrons. The van der Waals surface area contributed by atoms with Crippen LogP contribution in [-0.2, 0) is 0 Å². The summed E-state index contributed by atoms with van der Waals surface area (Å²) in [6.45, 7) is 10.5. The molecule has 0 aromatic heterocycles. The molecular weight excluding hydrogens is 234 g/mol. The molecule has 2 rings (SSSR count). The van der Waals surface area contributed by atoms with Crippen molar-refractivity contribution in [3.63, 3.8) is 0 Å². The minimum Gasteiger partial charge on any atom is -0.329 e. The third-order valence-electron chi connectivity index (χ3n) is 5.74. The number of rotatable bonds is 3. The molecule has 112 valence electrons. The Hall–Kier alpha value is -0.120. The van der Waals surface area contributed by atoms with Gasteiger partial charge in [-0.25, -0.2) is 0 Å². The average Bonchev–Trinajstić information content (AvgIpc) is 2.59. The van der Waals surface area contributed by atoms with Crippen LogP contribution in [0.2, 0.25) is 0 Å². The molecule has 1 aliphatic carbocycles. The molecule has 2 N–H and O–H groups in total. The van der Waals surface area contributed by atoms with E-state index >= 15 is 0 Å². The number of likely N-dealkylation sites (tertiary alicyclic amines) is 1. The maximum absolute atomic E-state index is 6.25. The highest BCUT2D eigenvalue weighted by atomic mass is 15.2. The quantitative estimate of drug-likeness (QED) is 0.850. The Bertz CT molecular complexity index is 305. The number of piperidine rings is 1. The van der Waals surface area contributed by atoms with Crippen LogP contribution < -0.4 is 5.73 Å². The Labute approximate surface area is 119 Å². The van der Waals surface area contributed by atoms with Gasteiger partial charge in [0, 0.05) is 31.2 Å². The van der Waals surface area contributed by atoms with Gasteiger partial charge in [0.1, 0.15) is 0 Å². The van der Waals surface area contributed by atoms with Crippen LogP contribution in [0.5, 0.6) is 0 Å². The summed E-state index contributed by atoms with van der Waals surface area (Å²) in [6, 6.07) is 0.760. The summed E-state index contributed by atoms with van der Waals surface area (Å²) in [5, 5.41) is 0. The summed E-state index contributed by atoms with van der Waals surface area (Å²) in [6.07, 6.45) is 5.17. The monoisotopic (exact) mass is 267 g/mol. The van der Waals surface area contributed by atoms with Crippen molar-refractivity contribution in [3.8, 4) is 0 Å². The van der Waals surface area contributed by atoms with Crippen molar-refractivity contribution >= 4 is 0 Å². The number of nitrogens with two attached hydrogens (primary N) is 1. The third kappa shape index (κ3) is 2.84. The summed E-state index contributed by atoms with van der Waals surface area (Å²) in [5.41, 5.74) is 6.97. The van der Waals surface area contributed by atoms with E-state index in [1.165, 1.54) is 38.8 Å². The summed E-state index contributed by atoms with van der Waals surface area (Å²) in [7, 11) is 4.42. The number of nitrogens with zero attached hydrogens (tertiary/aromatic N) is 2. The second-order valence-electron chi connectivity index (χ2n) is 7.94. The summed E-state index contributed by atoms with van der Waals surface area (Å²) >= 11 is 0. The van der Waals surface area contributed by atoms with Gasteiger partial charge in [0.2, 0.25) is 0 Å². The molecule has 2 fully saturated rings. The molecule has 2 unspecified atom stereocenters. The van der Waals surface area contributed by atoms with E-state index in [1.807, 2.05) is 0 Å². The van der Waals surface area contributed by atoms with E-state index in [4.69, 9.17) is 5.73 Å². The Morgan fingerprint density at radius 3 is 2.16 bits per heavy atom. The van der Waals surface area contributed by atoms with Crippen molar-refractivity contribution in [2.24, 2.45) is 17.1 Å². The van der Waals surface area contributed by atoms with E-state index in [2.05, 4.69) is 44.7 Å². The smallest absolute Gasteiger partial charge is 0.0362 e. The predicted molar refractivity (Wildman–Crippen MR) is 82.2 cm³/mol. The van der Waals surface area contributed by atoms with Crippen LogP contribution >= 0.6 is 0 Å². The predicted octanol–water partition coefficient (Wildman–Crippen LogP) is 2.17. The molecule has 1 heterocycles. The molecule has 1 saturated heterocycles. The SMILES string of the molecule is CC1CC(C)(C)CC1(CN)N1CCC(N(C)C)CC1. The highest BCUT2D eigenvalue weighted by Crippen LogP contribution is 2.50. The van der Waals surface area contributed by atoms with Gasteiger partial charge < -0.3 is 10.6 Å². The van der Waals surface area contributed by atoms with Crippen molar-refractivity contribution in [3.05, 3.63) is 0 Å². The van der Waals surface area contributed by atoms with Gasteiger partial charge in [-0.1, -0.05) is 20.8 Å². The zero-order valence-electron chi connectivity index (χ0n) is 13.6. The van der Waals surface area contributed by atoms with E-state index in [-0.39, 0.29) is 5.54 Å². The Kier molecular flexibility index (Phi) is 4.29. The van der Waals surface area contributed by atoms with E-state index in [0.717, 1.165) is 18.5 Å². The highest BCUT2D eigenvalue weighted by Gasteiger charge is 2.51. The zero-order chi connectivity index (χ0) is 14.3. The first-order valence-corrected chi connectivity index (χ1v) is 7.92. The zero-order valence-corrected chi connectivity index (χ0v) is 13.6. The second kappa shape index (κ2) is 5.34. The van der Waals surface area contributed by atoms with Crippen LogP contribution in [0, 0.1) is 11.3 Å². The van der Waals surface area contributed by atoms with Crippen molar-refractivity contribution in [1.82, 2.24) is 9.80 Å². The van der Waals surface area contributed by atoms with Crippen LogP contribution in [0.1, 0.15) is 46.5 Å². The van der Waals surface area contributed by atoms with Gasteiger partial charge >= 0.3 is 0 Å². The molecule has 0 spiro atoms. The Morgan fingerprint density at radius 1 is 1.21 bits per heavy atom. The maximum Gasteiger partial charge on any atom is 0.0362 e. The fourth-order valence-electron chi connectivity index (χ4n) is 4.75. The summed E-state index contributed by atoms with van der Waals surface area (Å²) in [4.78, 5) is 5.11. The maximum atomic E-state index is 6.25. The van der Waals surface area contributed by atoms with Crippen LogP contribution in [-0.4, -0.2) is 55.1 Å². The van der Waals surface area contributed by atoms with Crippen molar-refractivity contribution in [1.29, 1.82) is 0 Å². The molecule has 2 atom stereocenters. The van der Waals surface area contributed by atoms with Crippen LogP contribution in [0.4, 0.5) is 0 Å². The lowest BCUT2D eigenvalue weighted by Gasteiger charge is -2.48. The van der Waals surface area contributed by atoms with Gasteiger partial charge in [0.15, 0.2) is 0 Å². The lowest BCUT2D eigenvalue weighted by molar-refractivity contribution is 0.0206. The van der Waals surface area contributed by atoms with Gasteiger partial charge in [-0.15, -0.1) is 0 Å². The second-order valence-corrected chi connectivity index (χ2v) is 7.94. The van der Waals surface area contributed by atoms with Gasteiger partial charge in [0.25, 0.3) is 0 Å². The standard InChI is InChI=1S/C16H33N3/c1-13-10-15(2,3)11-16(13,12-17)19-8-6-14(7-9-19)18(4)5/h13-14H,6-12,17H2,1-5H3. The first-order valence-electron chi connectivity index (χ1n) is 7.92. The van der Waals surface area contributed by atoms with Gasteiger partial charge in [-0.3, -0.25) is 4.90 Å². The topological polar surface area (TPSA) is 32.5 Å². The Morgan fingerprint density at radius 2 is 1.79 bits per heavy atom. The normalized spacial score (nSPS) is 37.1. The van der Waals surface area contributed by atoms with Gasteiger partial charge in [0.05, 0.1) is 0 Å². The fraction of sp³-hybridized carbons (Fsp3) is 1.00. The van der Waals surface area contributed by atoms with Crippen molar-refractivity contribution in [2.45, 2.75) is 58.0 Å².